The van der Waals surface area contributed by atoms with E-state index in [2.05, 4.69) is 47.4 Å². The summed E-state index contributed by atoms with van der Waals surface area (Å²) in [6, 6.07) is 28.9. The third-order valence-electron chi connectivity index (χ3n) is 5.36. The van der Waals surface area contributed by atoms with E-state index in [1.807, 2.05) is 48.5 Å². The van der Waals surface area contributed by atoms with Crippen LogP contribution in [0.1, 0.15) is 34.7 Å². The maximum atomic E-state index is 12.9. The molecule has 5 rings (SSSR count). The number of nitrogens with one attached hydrogen (secondary N) is 1. The summed E-state index contributed by atoms with van der Waals surface area (Å²) in [4.78, 5) is 16.5. The Morgan fingerprint density at radius 3 is 2.22 bits per heavy atom. The topological polar surface area (TPSA) is 32.9 Å². The number of aromatic amines is 1. The Hall–Kier alpha value is -3.39. The van der Waals surface area contributed by atoms with Crippen LogP contribution in [0.5, 0.6) is 0 Å². The number of rotatable bonds is 2. The van der Waals surface area contributed by atoms with Crippen LogP contribution in [0, 0.1) is 0 Å². The van der Waals surface area contributed by atoms with Gasteiger partial charge in [-0.05, 0) is 28.8 Å². The molecule has 0 bridgehead atoms. The molecular weight excluding hydrogens is 330 g/mol. The maximum absolute atomic E-state index is 12.9. The van der Waals surface area contributed by atoms with Crippen LogP contribution in [0.2, 0.25) is 0 Å². The molecule has 1 aliphatic rings. The van der Waals surface area contributed by atoms with Gasteiger partial charge in [0.2, 0.25) is 0 Å². The van der Waals surface area contributed by atoms with Crippen LogP contribution in [0.3, 0.4) is 0 Å². The molecule has 1 N–H and O–H groups in total. The normalized spacial score (nSPS) is 16.7. The fourth-order valence-electron chi connectivity index (χ4n) is 4.15. The van der Waals surface area contributed by atoms with E-state index in [0.717, 1.165) is 22.3 Å². The summed E-state index contributed by atoms with van der Waals surface area (Å²) in [6.07, 6.45) is 2.29. The zero-order valence-corrected chi connectivity index (χ0v) is 14.9. The lowest BCUT2D eigenvalue weighted by Crippen LogP contribution is -2.05. The SMILES string of the molecule is O=C1C=C(c2ccccc2)c2[nH]c3ccccc3c2C(c2ccccc2)C1. The number of benzene rings is 3. The van der Waals surface area contributed by atoms with Gasteiger partial charge in [-0.2, -0.15) is 0 Å². The smallest absolute Gasteiger partial charge is 0.157 e. The number of aromatic nitrogens is 1. The second-order valence-electron chi connectivity index (χ2n) is 7.02. The van der Waals surface area contributed by atoms with E-state index in [1.165, 1.54) is 16.5 Å². The number of H-pyrrole nitrogens is 1. The summed E-state index contributed by atoms with van der Waals surface area (Å²) in [7, 11) is 0. The predicted octanol–water partition coefficient (Wildman–Crippen LogP) is 5.70. The molecule has 0 saturated carbocycles. The molecule has 2 heteroatoms. The van der Waals surface area contributed by atoms with Gasteiger partial charge in [0.25, 0.3) is 0 Å². The van der Waals surface area contributed by atoms with Crippen LogP contribution >= 0.6 is 0 Å². The number of para-hydroxylation sites is 1. The van der Waals surface area contributed by atoms with Crippen molar-refractivity contribution in [1.29, 1.82) is 0 Å². The standard InChI is InChI=1S/C25H19NO/c27-19-15-21(17-9-3-1-4-10-17)24-20-13-7-8-14-23(20)26-25(24)22(16-19)18-11-5-2-6-12-18/h1-14,16,21,26H,15H2. The van der Waals surface area contributed by atoms with Crippen molar-refractivity contribution >= 4 is 22.3 Å². The minimum atomic E-state index is 0.0438. The molecule has 4 aromatic rings. The molecule has 1 atom stereocenters. The Bertz CT molecular complexity index is 1150. The lowest BCUT2D eigenvalue weighted by molar-refractivity contribution is -0.114. The minimum Gasteiger partial charge on any atom is -0.354 e. The van der Waals surface area contributed by atoms with Gasteiger partial charge in [-0.15, -0.1) is 0 Å². The van der Waals surface area contributed by atoms with Crippen molar-refractivity contribution in [1.82, 2.24) is 4.98 Å². The van der Waals surface area contributed by atoms with Gasteiger partial charge in [0, 0.05) is 28.8 Å². The lowest BCUT2D eigenvalue weighted by atomic mass is 9.86. The summed E-state index contributed by atoms with van der Waals surface area (Å²) in [5.74, 6) is 0.207. The first kappa shape index (κ1) is 15.8. The van der Waals surface area contributed by atoms with E-state index in [1.54, 1.807) is 0 Å². The van der Waals surface area contributed by atoms with Crippen molar-refractivity contribution in [3.8, 4) is 0 Å². The van der Waals surface area contributed by atoms with Gasteiger partial charge in [0.05, 0.1) is 5.69 Å². The molecule has 1 heterocycles. The molecule has 0 aliphatic heterocycles. The second kappa shape index (κ2) is 6.40. The van der Waals surface area contributed by atoms with Crippen LogP contribution < -0.4 is 0 Å². The number of hydrogen-bond donors (Lipinski definition) is 1. The molecule has 2 nitrogen and oxygen atoms in total. The van der Waals surface area contributed by atoms with Gasteiger partial charge < -0.3 is 4.98 Å². The fourth-order valence-corrected chi connectivity index (χ4v) is 4.15. The molecule has 0 radical (unpaired) electrons. The van der Waals surface area contributed by atoms with E-state index in [4.69, 9.17) is 0 Å². The fraction of sp³-hybridized carbons (Fsp3) is 0.0800. The average molecular weight is 349 g/mol. The molecule has 130 valence electrons. The highest BCUT2D eigenvalue weighted by Gasteiger charge is 2.29. The summed E-state index contributed by atoms with van der Waals surface area (Å²) in [6.45, 7) is 0. The van der Waals surface area contributed by atoms with E-state index in [-0.39, 0.29) is 11.7 Å². The summed E-state index contributed by atoms with van der Waals surface area (Å²) in [5, 5.41) is 1.19. The van der Waals surface area contributed by atoms with Crippen LogP contribution in [-0.2, 0) is 4.79 Å². The Balaban J connectivity index is 1.81. The molecule has 1 unspecified atom stereocenters. The number of hydrogen-bond acceptors (Lipinski definition) is 1. The zero-order valence-electron chi connectivity index (χ0n) is 14.9. The molecule has 0 fully saturated rings. The molecule has 0 saturated heterocycles. The van der Waals surface area contributed by atoms with Crippen molar-refractivity contribution in [3.63, 3.8) is 0 Å². The molecule has 0 amide bonds. The largest absolute Gasteiger partial charge is 0.354 e. The Labute approximate surface area is 158 Å². The van der Waals surface area contributed by atoms with Crippen molar-refractivity contribution < 1.29 is 4.79 Å². The first-order valence-corrected chi connectivity index (χ1v) is 9.27. The van der Waals surface area contributed by atoms with E-state index < -0.39 is 0 Å². The zero-order chi connectivity index (χ0) is 18.2. The highest BCUT2D eigenvalue weighted by molar-refractivity contribution is 6.05. The Kier molecular flexibility index (Phi) is 3.75. The molecule has 27 heavy (non-hydrogen) atoms. The van der Waals surface area contributed by atoms with Crippen molar-refractivity contribution in [2.45, 2.75) is 12.3 Å². The number of ketones is 1. The number of allylic oxidation sites excluding steroid dienone is 1. The Morgan fingerprint density at radius 2 is 1.44 bits per heavy atom. The van der Waals surface area contributed by atoms with Crippen LogP contribution in [0.15, 0.2) is 91.0 Å². The number of fused-ring (bicyclic) bond motifs is 3. The predicted molar refractivity (Wildman–Crippen MR) is 110 cm³/mol. The van der Waals surface area contributed by atoms with Gasteiger partial charge in [0.1, 0.15) is 0 Å². The van der Waals surface area contributed by atoms with E-state index in [0.29, 0.717) is 6.42 Å². The first-order chi connectivity index (χ1) is 13.3. The molecule has 1 aromatic heterocycles. The van der Waals surface area contributed by atoms with Gasteiger partial charge in [-0.25, -0.2) is 0 Å². The van der Waals surface area contributed by atoms with Crippen LogP contribution in [-0.4, -0.2) is 10.8 Å². The quantitative estimate of drug-likeness (QED) is 0.494. The van der Waals surface area contributed by atoms with Crippen LogP contribution in [0.4, 0.5) is 0 Å². The van der Waals surface area contributed by atoms with Gasteiger partial charge in [-0.3, -0.25) is 4.79 Å². The third-order valence-corrected chi connectivity index (χ3v) is 5.36. The van der Waals surface area contributed by atoms with E-state index in [9.17, 15) is 4.79 Å². The molecular formula is C25H19NO. The first-order valence-electron chi connectivity index (χ1n) is 9.27. The average Bonchev–Trinajstić information content (AvgIpc) is 3.03. The lowest BCUT2D eigenvalue weighted by Gasteiger charge is -2.17. The van der Waals surface area contributed by atoms with Crippen LogP contribution in [0.25, 0.3) is 16.5 Å². The van der Waals surface area contributed by atoms with Crippen molar-refractivity contribution in [2.24, 2.45) is 0 Å². The number of carbonyl (C=O) groups excluding carboxylic acids is 1. The second-order valence-corrected chi connectivity index (χ2v) is 7.02. The number of carbonyl (C=O) groups is 1. The van der Waals surface area contributed by atoms with Crippen molar-refractivity contribution in [3.05, 3.63) is 113 Å². The molecule has 3 aromatic carbocycles. The minimum absolute atomic E-state index is 0.0438. The third kappa shape index (κ3) is 2.70. The summed E-state index contributed by atoms with van der Waals surface area (Å²) >= 11 is 0. The Morgan fingerprint density at radius 1 is 0.778 bits per heavy atom. The summed E-state index contributed by atoms with van der Waals surface area (Å²) < 4.78 is 0. The van der Waals surface area contributed by atoms with E-state index >= 15 is 0 Å². The van der Waals surface area contributed by atoms with Gasteiger partial charge in [-0.1, -0.05) is 78.9 Å². The maximum Gasteiger partial charge on any atom is 0.157 e. The molecule has 0 spiro atoms. The van der Waals surface area contributed by atoms with Gasteiger partial charge >= 0.3 is 0 Å². The summed E-state index contributed by atoms with van der Waals surface area (Å²) in [5.41, 5.74) is 6.61. The van der Waals surface area contributed by atoms with Crippen molar-refractivity contribution in [2.75, 3.05) is 0 Å². The highest BCUT2D eigenvalue weighted by Crippen LogP contribution is 2.42. The highest BCUT2D eigenvalue weighted by atomic mass is 16.1. The van der Waals surface area contributed by atoms with Gasteiger partial charge in [0.15, 0.2) is 5.78 Å². The monoisotopic (exact) mass is 349 g/mol. The molecule has 1 aliphatic carbocycles.